The highest BCUT2D eigenvalue weighted by Gasteiger charge is 2.18. The van der Waals surface area contributed by atoms with Crippen LogP contribution in [0.5, 0.6) is 11.5 Å². The van der Waals surface area contributed by atoms with Crippen LogP contribution in [0.4, 0.5) is 11.4 Å². The average Bonchev–Trinajstić information content (AvgIpc) is 2.69. The van der Waals surface area contributed by atoms with Gasteiger partial charge in [0.2, 0.25) is 0 Å². The minimum atomic E-state index is -0.842. The van der Waals surface area contributed by atoms with Crippen LogP contribution in [-0.4, -0.2) is 26.0 Å². The molecule has 0 spiro atoms. The molecule has 0 saturated heterocycles. The second-order valence-corrected chi connectivity index (χ2v) is 6.03. The fourth-order valence-electron chi connectivity index (χ4n) is 2.65. The summed E-state index contributed by atoms with van der Waals surface area (Å²) in [6, 6.07) is 16.0. The van der Waals surface area contributed by atoms with Gasteiger partial charge in [0.15, 0.2) is 0 Å². The number of anilines is 2. The fourth-order valence-corrected chi connectivity index (χ4v) is 2.88. The van der Waals surface area contributed by atoms with Crippen molar-refractivity contribution in [2.75, 3.05) is 24.9 Å². The van der Waals surface area contributed by atoms with Gasteiger partial charge in [-0.1, -0.05) is 48.0 Å². The first-order chi connectivity index (χ1) is 13.0. The Morgan fingerprint density at radius 1 is 0.815 bits per heavy atom. The van der Waals surface area contributed by atoms with Gasteiger partial charge < -0.3 is 20.1 Å². The lowest BCUT2D eigenvalue weighted by atomic mass is 10.1. The Balaban J connectivity index is 1.81. The van der Waals surface area contributed by atoms with Gasteiger partial charge in [-0.15, -0.1) is 0 Å². The number of rotatable bonds is 4. The summed E-state index contributed by atoms with van der Waals surface area (Å²) in [6.07, 6.45) is 0. The topological polar surface area (TPSA) is 76.7 Å². The lowest BCUT2D eigenvalue weighted by molar-refractivity contribution is -0.132. The molecule has 0 saturated carbocycles. The highest BCUT2D eigenvalue weighted by Crippen LogP contribution is 2.35. The van der Waals surface area contributed by atoms with Gasteiger partial charge in [0.1, 0.15) is 11.5 Å². The van der Waals surface area contributed by atoms with E-state index in [1.165, 1.54) is 26.4 Å². The van der Waals surface area contributed by atoms with Crippen LogP contribution in [0.25, 0.3) is 10.8 Å². The molecule has 7 heteroatoms. The molecule has 0 radical (unpaired) electrons. The van der Waals surface area contributed by atoms with Gasteiger partial charge in [0, 0.05) is 23.2 Å². The Labute approximate surface area is 161 Å². The molecule has 0 aliphatic rings. The Morgan fingerprint density at radius 3 is 2.15 bits per heavy atom. The number of carbonyl (C=O) groups excluding carboxylic acids is 2. The van der Waals surface area contributed by atoms with Crippen molar-refractivity contribution in [3.63, 3.8) is 0 Å². The third-order valence-corrected chi connectivity index (χ3v) is 4.26. The molecule has 2 N–H and O–H groups in total. The Kier molecular flexibility index (Phi) is 5.47. The van der Waals surface area contributed by atoms with Crippen LogP contribution in [0.3, 0.4) is 0 Å². The first-order valence-electron chi connectivity index (χ1n) is 8.05. The molecular weight excluding hydrogens is 368 g/mol. The van der Waals surface area contributed by atoms with Gasteiger partial charge in [-0.3, -0.25) is 9.59 Å². The van der Waals surface area contributed by atoms with Crippen LogP contribution < -0.4 is 20.1 Å². The van der Waals surface area contributed by atoms with Gasteiger partial charge in [0.25, 0.3) is 0 Å². The number of amides is 2. The molecule has 2 amide bonds. The van der Waals surface area contributed by atoms with Crippen molar-refractivity contribution in [1.29, 1.82) is 0 Å². The third-order valence-electron chi connectivity index (χ3n) is 3.97. The summed E-state index contributed by atoms with van der Waals surface area (Å²) in [5, 5.41) is 7.27. The summed E-state index contributed by atoms with van der Waals surface area (Å²) < 4.78 is 10.3. The van der Waals surface area contributed by atoms with Gasteiger partial charge in [-0.05, 0) is 11.5 Å². The predicted molar refractivity (Wildman–Crippen MR) is 106 cm³/mol. The SMILES string of the molecule is COc1cc(NC(=O)C(=O)Nc2cccc3ccccc23)c(OC)cc1Cl. The minimum Gasteiger partial charge on any atom is -0.495 e. The lowest BCUT2D eigenvalue weighted by Crippen LogP contribution is -2.29. The maximum Gasteiger partial charge on any atom is 0.314 e. The van der Waals surface area contributed by atoms with E-state index in [0.717, 1.165) is 10.8 Å². The zero-order valence-corrected chi connectivity index (χ0v) is 15.5. The molecule has 0 aliphatic heterocycles. The number of methoxy groups -OCH3 is 2. The van der Waals surface area contributed by atoms with Gasteiger partial charge in [-0.2, -0.15) is 0 Å². The van der Waals surface area contributed by atoms with E-state index in [9.17, 15) is 9.59 Å². The Hall–Kier alpha value is -3.25. The molecule has 0 fully saturated rings. The summed E-state index contributed by atoms with van der Waals surface area (Å²) >= 11 is 6.05. The van der Waals surface area contributed by atoms with Crippen molar-refractivity contribution in [1.82, 2.24) is 0 Å². The van der Waals surface area contributed by atoms with E-state index in [0.29, 0.717) is 22.2 Å². The average molecular weight is 385 g/mol. The summed E-state index contributed by atoms with van der Waals surface area (Å²) in [6.45, 7) is 0. The zero-order valence-electron chi connectivity index (χ0n) is 14.7. The van der Waals surface area contributed by atoms with Crippen LogP contribution in [0.1, 0.15) is 0 Å². The lowest BCUT2D eigenvalue weighted by Gasteiger charge is -2.13. The highest BCUT2D eigenvalue weighted by atomic mass is 35.5. The van der Waals surface area contributed by atoms with Crippen LogP contribution in [0, 0.1) is 0 Å². The monoisotopic (exact) mass is 384 g/mol. The van der Waals surface area contributed by atoms with Crippen LogP contribution in [0.2, 0.25) is 5.02 Å². The number of ether oxygens (including phenoxy) is 2. The quantitative estimate of drug-likeness (QED) is 0.664. The molecule has 138 valence electrons. The maximum absolute atomic E-state index is 12.4. The molecular formula is C20H17ClN2O4. The van der Waals surface area contributed by atoms with Crippen molar-refractivity contribution in [2.24, 2.45) is 0 Å². The van der Waals surface area contributed by atoms with Crippen molar-refractivity contribution in [3.8, 4) is 11.5 Å². The Morgan fingerprint density at radius 2 is 1.44 bits per heavy atom. The number of hydrogen-bond donors (Lipinski definition) is 2. The van der Waals surface area contributed by atoms with Crippen molar-refractivity contribution >= 4 is 45.6 Å². The minimum absolute atomic E-state index is 0.275. The number of benzene rings is 3. The molecule has 0 atom stereocenters. The van der Waals surface area contributed by atoms with E-state index < -0.39 is 11.8 Å². The molecule has 3 rings (SSSR count). The number of carbonyl (C=O) groups is 2. The van der Waals surface area contributed by atoms with E-state index in [2.05, 4.69) is 10.6 Å². The smallest absolute Gasteiger partial charge is 0.314 e. The molecule has 0 bridgehead atoms. The second kappa shape index (κ2) is 7.97. The van der Waals surface area contributed by atoms with Crippen molar-refractivity contribution in [3.05, 3.63) is 59.6 Å². The molecule has 3 aromatic carbocycles. The van der Waals surface area contributed by atoms with Gasteiger partial charge in [0.05, 0.1) is 24.9 Å². The number of nitrogens with one attached hydrogen (secondary N) is 2. The second-order valence-electron chi connectivity index (χ2n) is 5.62. The largest absolute Gasteiger partial charge is 0.495 e. The van der Waals surface area contributed by atoms with E-state index >= 15 is 0 Å². The molecule has 3 aromatic rings. The summed E-state index contributed by atoms with van der Waals surface area (Å²) in [5.41, 5.74) is 0.825. The number of halogens is 1. The summed E-state index contributed by atoms with van der Waals surface area (Å²) in [7, 11) is 2.89. The maximum atomic E-state index is 12.4. The predicted octanol–water partition coefficient (Wildman–Crippen LogP) is 4.09. The molecule has 0 heterocycles. The molecule has 0 unspecified atom stereocenters. The van der Waals surface area contributed by atoms with Crippen LogP contribution >= 0.6 is 11.6 Å². The highest BCUT2D eigenvalue weighted by molar-refractivity contribution is 6.44. The van der Waals surface area contributed by atoms with Gasteiger partial charge >= 0.3 is 11.8 Å². The number of hydrogen-bond acceptors (Lipinski definition) is 4. The molecule has 0 aliphatic carbocycles. The first-order valence-corrected chi connectivity index (χ1v) is 8.43. The number of fused-ring (bicyclic) bond motifs is 1. The van der Waals surface area contributed by atoms with Crippen LogP contribution in [-0.2, 0) is 9.59 Å². The van der Waals surface area contributed by atoms with Crippen LogP contribution in [0.15, 0.2) is 54.6 Å². The summed E-state index contributed by atoms with van der Waals surface area (Å²) in [5.74, 6) is -0.984. The van der Waals surface area contributed by atoms with E-state index in [4.69, 9.17) is 21.1 Å². The third kappa shape index (κ3) is 3.96. The van der Waals surface area contributed by atoms with Gasteiger partial charge in [-0.25, -0.2) is 0 Å². The Bertz CT molecular complexity index is 1010. The zero-order chi connectivity index (χ0) is 19.4. The summed E-state index contributed by atoms with van der Waals surface area (Å²) in [4.78, 5) is 24.7. The fraction of sp³-hybridized carbons (Fsp3) is 0.100. The molecule has 0 aromatic heterocycles. The van der Waals surface area contributed by atoms with E-state index in [1.54, 1.807) is 6.07 Å². The molecule has 6 nitrogen and oxygen atoms in total. The normalized spacial score (nSPS) is 10.3. The van der Waals surface area contributed by atoms with Crippen molar-refractivity contribution in [2.45, 2.75) is 0 Å². The first kappa shape index (κ1) is 18.5. The standard InChI is InChI=1S/C20H17ClN2O4/c1-26-17-11-16(18(27-2)10-14(17)21)23-20(25)19(24)22-15-9-5-7-12-6-3-4-8-13(12)15/h3-11H,1-2H3,(H,22,24)(H,23,25). The van der Waals surface area contributed by atoms with E-state index in [1.807, 2.05) is 36.4 Å². The van der Waals surface area contributed by atoms with E-state index in [-0.39, 0.29) is 5.69 Å². The molecule has 27 heavy (non-hydrogen) atoms. The van der Waals surface area contributed by atoms with Crippen molar-refractivity contribution < 1.29 is 19.1 Å².